The van der Waals surface area contributed by atoms with E-state index in [4.69, 9.17) is 27.9 Å². The van der Waals surface area contributed by atoms with Crippen LogP contribution in [0.2, 0.25) is 10.0 Å². The topological polar surface area (TPSA) is 97.1 Å². The molecule has 10 heteroatoms. The van der Waals surface area contributed by atoms with Crippen LogP contribution >= 0.6 is 23.2 Å². The highest BCUT2D eigenvalue weighted by molar-refractivity contribution is 6.35. The number of benzene rings is 2. The quantitative estimate of drug-likeness (QED) is 0.401. The molecule has 3 rings (SSSR count). The van der Waals surface area contributed by atoms with Gasteiger partial charge >= 0.3 is 0 Å². The molecule has 1 aliphatic rings. The number of rotatable bonds is 7. The number of nitrogens with one attached hydrogen (secondary N) is 1. The number of anilines is 1. The van der Waals surface area contributed by atoms with Gasteiger partial charge in [-0.3, -0.25) is 14.9 Å². The molecular weight excluding hydrogens is 419 g/mol. The van der Waals surface area contributed by atoms with Crippen LogP contribution in [0.3, 0.4) is 0 Å². The number of hydrogen-bond donors (Lipinski definition) is 1. The Hall–Kier alpha value is -2.84. The molecule has 1 saturated heterocycles. The molecule has 1 heterocycles. The van der Waals surface area contributed by atoms with Crippen molar-refractivity contribution in [2.75, 3.05) is 24.6 Å². The average Bonchev–Trinajstić information content (AvgIpc) is 3.22. The molecule has 0 spiro atoms. The maximum absolute atomic E-state index is 11.9. The molecule has 8 nitrogen and oxygen atoms in total. The molecule has 29 heavy (non-hydrogen) atoms. The number of amides is 1. The van der Waals surface area contributed by atoms with Crippen LogP contribution in [0.15, 0.2) is 41.5 Å². The lowest BCUT2D eigenvalue weighted by molar-refractivity contribution is -0.384. The van der Waals surface area contributed by atoms with Gasteiger partial charge in [-0.25, -0.2) is 5.43 Å². The second-order valence-corrected chi connectivity index (χ2v) is 7.20. The molecule has 0 aliphatic carbocycles. The maximum atomic E-state index is 11.9. The van der Waals surface area contributed by atoms with E-state index in [0.717, 1.165) is 25.9 Å². The predicted molar refractivity (Wildman–Crippen MR) is 112 cm³/mol. The van der Waals surface area contributed by atoms with E-state index in [1.165, 1.54) is 18.3 Å². The van der Waals surface area contributed by atoms with E-state index in [1.807, 2.05) is 4.90 Å². The molecule has 1 aliphatic heterocycles. The molecule has 0 unspecified atom stereocenters. The van der Waals surface area contributed by atoms with Crippen LogP contribution in [0.25, 0.3) is 0 Å². The fourth-order valence-electron chi connectivity index (χ4n) is 2.94. The average molecular weight is 437 g/mol. The molecule has 0 saturated carbocycles. The first-order chi connectivity index (χ1) is 13.9. The van der Waals surface area contributed by atoms with E-state index in [9.17, 15) is 14.9 Å². The van der Waals surface area contributed by atoms with Crippen LogP contribution < -0.4 is 15.1 Å². The molecule has 152 valence electrons. The van der Waals surface area contributed by atoms with Gasteiger partial charge in [0.05, 0.1) is 16.2 Å². The molecule has 0 aromatic heterocycles. The van der Waals surface area contributed by atoms with Crippen molar-refractivity contribution in [2.45, 2.75) is 12.8 Å². The molecular formula is C19H18Cl2N4O4. The summed E-state index contributed by atoms with van der Waals surface area (Å²) in [4.78, 5) is 24.9. The fraction of sp³-hybridized carbons (Fsp3) is 0.263. The predicted octanol–water partition coefficient (Wildman–Crippen LogP) is 4.03. The molecule has 0 radical (unpaired) electrons. The van der Waals surface area contributed by atoms with Crippen molar-refractivity contribution in [3.05, 3.63) is 62.1 Å². The molecule has 2 aromatic carbocycles. The maximum Gasteiger partial charge on any atom is 0.293 e. The summed E-state index contributed by atoms with van der Waals surface area (Å²) in [7, 11) is 0. The minimum absolute atomic E-state index is 0.0166. The highest BCUT2D eigenvalue weighted by Crippen LogP contribution is 2.31. The van der Waals surface area contributed by atoms with Crippen LogP contribution in [-0.2, 0) is 4.79 Å². The summed E-state index contributed by atoms with van der Waals surface area (Å²) in [6.07, 6.45) is 3.39. The number of nitro groups is 1. The van der Waals surface area contributed by atoms with E-state index in [1.54, 1.807) is 24.3 Å². The summed E-state index contributed by atoms with van der Waals surface area (Å²) in [5, 5.41) is 16.0. The van der Waals surface area contributed by atoms with Crippen LogP contribution in [0, 0.1) is 10.1 Å². The third-order valence-corrected chi connectivity index (χ3v) is 4.83. The van der Waals surface area contributed by atoms with Crippen LogP contribution in [0.4, 0.5) is 11.4 Å². The van der Waals surface area contributed by atoms with Crippen molar-refractivity contribution in [3.63, 3.8) is 0 Å². The van der Waals surface area contributed by atoms with Gasteiger partial charge < -0.3 is 9.64 Å². The number of hydrogen-bond acceptors (Lipinski definition) is 6. The normalized spacial score (nSPS) is 13.7. The zero-order chi connectivity index (χ0) is 20.8. The fourth-order valence-corrected chi connectivity index (χ4v) is 3.40. The van der Waals surface area contributed by atoms with E-state index in [0.29, 0.717) is 27.0 Å². The zero-order valence-electron chi connectivity index (χ0n) is 15.3. The first-order valence-electron chi connectivity index (χ1n) is 8.87. The first-order valence-corrected chi connectivity index (χ1v) is 9.63. The molecule has 1 fully saturated rings. The van der Waals surface area contributed by atoms with Crippen molar-refractivity contribution < 1.29 is 14.5 Å². The highest BCUT2D eigenvalue weighted by Gasteiger charge is 2.22. The van der Waals surface area contributed by atoms with Crippen molar-refractivity contribution in [1.29, 1.82) is 0 Å². The van der Waals surface area contributed by atoms with E-state index < -0.39 is 10.8 Å². The third kappa shape index (κ3) is 5.58. The number of nitrogens with zero attached hydrogens (tertiary/aromatic N) is 3. The Morgan fingerprint density at radius 3 is 2.69 bits per heavy atom. The van der Waals surface area contributed by atoms with Crippen molar-refractivity contribution in [2.24, 2.45) is 5.10 Å². The summed E-state index contributed by atoms with van der Waals surface area (Å²) in [5.41, 5.74) is 3.42. The monoisotopic (exact) mass is 436 g/mol. The third-order valence-electron chi connectivity index (χ3n) is 4.30. The minimum Gasteiger partial charge on any atom is -0.482 e. The Bertz CT molecular complexity index is 946. The van der Waals surface area contributed by atoms with Crippen molar-refractivity contribution in [1.82, 2.24) is 5.43 Å². The number of hydrazone groups is 1. The summed E-state index contributed by atoms with van der Waals surface area (Å²) >= 11 is 11.8. The Morgan fingerprint density at radius 1 is 1.24 bits per heavy atom. The summed E-state index contributed by atoms with van der Waals surface area (Å²) < 4.78 is 5.31. The lowest BCUT2D eigenvalue weighted by atomic mass is 10.1. The molecule has 0 atom stereocenters. The van der Waals surface area contributed by atoms with Crippen LogP contribution in [0.5, 0.6) is 5.75 Å². The van der Waals surface area contributed by atoms with Gasteiger partial charge in [0.2, 0.25) is 0 Å². The summed E-state index contributed by atoms with van der Waals surface area (Å²) in [6.45, 7) is 1.32. The lowest BCUT2D eigenvalue weighted by Crippen LogP contribution is -2.24. The van der Waals surface area contributed by atoms with E-state index >= 15 is 0 Å². The Kier molecular flexibility index (Phi) is 6.90. The lowest BCUT2D eigenvalue weighted by Gasteiger charge is -2.17. The summed E-state index contributed by atoms with van der Waals surface area (Å²) in [5.74, 6) is -0.182. The van der Waals surface area contributed by atoms with E-state index in [-0.39, 0.29) is 12.3 Å². The van der Waals surface area contributed by atoms with Crippen molar-refractivity contribution >= 4 is 46.7 Å². The number of nitro benzene ring substituents is 1. The number of halogens is 2. The largest absolute Gasteiger partial charge is 0.482 e. The zero-order valence-corrected chi connectivity index (χ0v) is 16.8. The van der Waals surface area contributed by atoms with Gasteiger partial charge in [-0.1, -0.05) is 29.3 Å². The van der Waals surface area contributed by atoms with Gasteiger partial charge in [0.25, 0.3) is 11.6 Å². The van der Waals surface area contributed by atoms with Crippen molar-refractivity contribution in [3.8, 4) is 5.75 Å². The summed E-state index contributed by atoms with van der Waals surface area (Å²) in [6, 6.07) is 9.53. The molecule has 1 N–H and O–H groups in total. The minimum atomic E-state index is -0.504. The Morgan fingerprint density at radius 2 is 2.00 bits per heavy atom. The SMILES string of the molecule is O=C(COc1ccc(Cl)cc1Cl)N/N=C/c1ccc(N2CCCC2)c([N+](=O)[O-])c1. The Balaban J connectivity index is 1.58. The molecule has 1 amide bonds. The second-order valence-electron chi connectivity index (χ2n) is 6.36. The van der Waals surface area contributed by atoms with Gasteiger partial charge in [-0.2, -0.15) is 5.10 Å². The van der Waals surface area contributed by atoms with Gasteiger partial charge in [-0.15, -0.1) is 0 Å². The highest BCUT2D eigenvalue weighted by atomic mass is 35.5. The number of carbonyl (C=O) groups excluding carboxylic acids is 1. The first kappa shape index (κ1) is 20.9. The van der Waals surface area contributed by atoms with Gasteiger partial charge in [-0.05, 0) is 37.1 Å². The number of ether oxygens (including phenoxy) is 1. The standard InChI is InChI=1S/C19H18Cl2N4O4/c20-14-4-6-18(15(21)10-14)29-12-19(26)23-22-11-13-3-5-16(17(9-13)25(27)28)24-7-1-2-8-24/h3-6,9-11H,1-2,7-8,12H2,(H,23,26)/b22-11+. The van der Waals surface area contributed by atoms with E-state index in [2.05, 4.69) is 10.5 Å². The van der Waals surface area contributed by atoms with Crippen LogP contribution in [0.1, 0.15) is 18.4 Å². The van der Waals surface area contributed by atoms with Gasteiger partial charge in [0.15, 0.2) is 6.61 Å². The van der Waals surface area contributed by atoms with Gasteiger partial charge in [0.1, 0.15) is 11.4 Å². The molecule has 2 aromatic rings. The van der Waals surface area contributed by atoms with Gasteiger partial charge in [0, 0.05) is 29.7 Å². The van der Waals surface area contributed by atoms with Crippen LogP contribution in [-0.4, -0.2) is 36.7 Å². The smallest absolute Gasteiger partial charge is 0.293 e. The molecule has 0 bridgehead atoms. The number of carbonyl (C=O) groups is 1. The second kappa shape index (κ2) is 9.58. The Labute approximate surface area is 177 Å².